The van der Waals surface area contributed by atoms with E-state index in [0.717, 1.165) is 23.2 Å². The smallest absolute Gasteiger partial charge is 0.310 e. The fourth-order valence-electron chi connectivity index (χ4n) is 3.67. The molecular formula is C21H23N5O3S. The molecule has 0 atom stereocenters. The Morgan fingerprint density at radius 3 is 2.70 bits per heavy atom. The van der Waals surface area contributed by atoms with E-state index in [1.54, 1.807) is 9.42 Å². The summed E-state index contributed by atoms with van der Waals surface area (Å²) in [5.74, 6) is -0.133. The van der Waals surface area contributed by atoms with Crippen LogP contribution in [0.25, 0.3) is 5.78 Å². The molecular weight excluding hydrogens is 402 g/mol. The van der Waals surface area contributed by atoms with E-state index in [0.29, 0.717) is 29.7 Å². The fourth-order valence-corrected chi connectivity index (χ4v) is 4.01. The number of amides is 1. The van der Waals surface area contributed by atoms with E-state index >= 15 is 0 Å². The molecule has 3 heterocycles. The third kappa shape index (κ3) is 4.02. The molecule has 0 bridgehead atoms. The molecule has 1 amide bonds. The van der Waals surface area contributed by atoms with Gasteiger partial charge in [-0.1, -0.05) is 36.0 Å². The quantitative estimate of drug-likeness (QED) is 0.457. The van der Waals surface area contributed by atoms with E-state index in [2.05, 4.69) is 21.1 Å². The number of carbonyl (C=O) groups is 2. The zero-order chi connectivity index (χ0) is 21.3. The second-order valence-electron chi connectivity index (χ2n) is 7.24. The summed E-state index contributed by atoms with van der Waals surface area (Å²) >= 11 is 1.43. The number of nitrogens with zero attached hydrogens (tertiary/aromatic N) is 5. The number of hydrogen-bond donors (Lipinski definition) is 0. The van der Waals surface area contributed by atoms with Crippen molar-refractivity contribution in [2.24, 2.45) is 0 Å². The number of esters is 1. The molecule has 30 heavy (non-hydrogen) atoms. The van der Waals surface area contributed by atoms with Crippen LogP contribution in [-0.4, -0.2) is 55.8 Å². The number of carbonyl (C=O) groups excluding carboxylic acids is 2. The van der Waals surface area contributed by atoms with Gasteiger partial charge >= 0.3 is 5.97 Å². The number of ether oxygens (including phenoxy) is 1. The van der Waals surface area contributed by atoms with Gasteiger partial charge in [-0.05, 0) is 37.7 Å². The lowest BCUT2D eigenvalue weighted by molar-refractivity contribution is -0.151. The molecule has 2 aromatic heterocycles. The predicted molar refractivity (Wildman–Crippen MR) is 112 cm³/mol. The fraction of sp³-hybridized carbons (Fsp3) is 0.381. The molecule has 1 aromatic carbocycles. The summed E-state index contributed by atoms with van der Waals surface area (Å²) in [6.07, 6.45) is 2.74. The lowest BCUT2D eigenvalue weighted by Gasteiger charge is -2.28. The number of thioether (sulfide) groups is 1. The van der Waals surface area contributed by atoms with Gasteiger partial charge in [-0.2, -0.15) is 4.98 Å². The summed E-state index contributed by atoms with van der Waals surface area (Å²) in [7, 11) is 0. The predicted octanol–water partition coefficient (Wildman–Crippen LogP) is 2.13. The van der Waals surface area contributed by atoms with Crippen molar-refractivity contribution < 1.29 is 14.3 Å². The maximum atomic E-state index is 12.5. The Bertz CT molecular complexity index is 1130. The van der Waals surface area contributed by atoms with Crippen LogP contribution in [0.5, 0.6) is 0 Å². The van der Waals surface area contributed by atoms with Crippen molar-refractivity contribution in [1.29, 1.82) is 0 Å². The number of rotatable bonds is 5. The van der Waals surface area contributed by atoms with Gasteiger partial charge < -0.3 is 9.64 Å². The van der Waals surface area contributed by atoms with Crippen LogP contribution in [0.15, 0.2) is 29.4 Å². The minimum absolute atomic E-state index is 0.0329. The van der Waals surface area contributed by atoms with Crippen molar-refractivity contribution in [1.82, 2.24) is 24.5 Å². The van der Waals surface area contributed by atoms with Crippen LogP contribution >= 0.6 is 11.8 Å². The zero-order valence-electron chi connectivity index (χ0n) is 17.2. The normalized spacial score (nSPS) is 13.4. The van der Waals surface area contributed by atoms with E-state index in [1.165, 1.54) is 17.3 Å². The van der Waals surface area contributed by atoms with Crippen LogP contribution in [0.2, 0.25) is 0 Å². The van der Waals surface area contributed by atoms with E-state index in [9.17, 15) is 9.59 Å². The topological polar surface area (TPSA) is 89.7 Å². The summed E-state index contributed by atoms with van der Waals surface area (Å²) in [4.78, 5) is 35.5. The first-order valence-electron chi connectivity index (χ1n) is 9.73. The highest BCUT2D eigenvalue weighted by atomic mass is 32.2. The highest BCUT2D eigenvalue weighted by Gasteiger charge is 2.22. The van der Waals surface area contributed by atoms with Crippen molar-refractivity contribution in [2.45, 2.75) is 38.4 Å². The lowest BCUT2D eigenvalue weighted by atomic mass is 10.00. The Hall–Kier alpha value is -2.94. The van der Waals surface area contributed by atoms with Crippen molar-refractivity contribution in [3.05, 3.63) is 52.3 Å². The standard InChI is InChI=1S/C21H23N5O3S/c1-13-17(14(2)26-20(22-13)23-21(24-26)30-3)10-19(28)29-12-18(27)25-9-8-15-6-4-5-7-16(15)11-25/h4-7H,8-12H2,1-3H3. The van der Waals surface area contributed by atoms with Gasteiger partial charge in [-0.15, -0.1) is 5.10 Å². The Labute approximate surface area is 178 Å². The van der Waals surface area contributed by atoms with Crippen LogP contribution in [0.4, 0.5) is 0 Å². The SMILES string of the molecule is CSc1nc2nc(C)c(CC(=O)OCC(=O)N3CCc4ccccc4C3)c(C)n2n1. The zero-order valence-corrected chi connectivity index (χ0v) is 18.0. The Morgan fingerprint density at radius 2 is 1.93 bits per heavy atom. The van der Waals surface area contributed by atoms with Gasteiger partial charge in [0, 0.05) is 30.0 Å². The average molecular weight is 426 g/mol. The molecule has 0 saturated carbocycles. The summed E-state index contributed by atoms with van der Waals surface area (Å²) in [6, 6.07) is 8.10. The lowest BCUT2D eigenvalue weighted by Crippen LogP contribution is -2.38. The molecule has 0 fully saturated rings. The first-order valence-corrected chi connectivity index (χ1v) is 11.0. The largest absolute Gasteiger partial charge is 0.455 e. The van der Waals surface area contributed by atoms with Crippen molar-refractivity contribution in [2.75, 3.05) is 19.4 Å². The molecule has 0 unspecified atom stereocenters. The summed E-state index contributed by atoms with van der Waals surface area (Å²) < 4.78 is 6.93. The molecule has 1 aliphatic rings. The van der Waals surface area contributed by atoms with E-state index in [4.69, 9.17) is 4.74 Å². The number of hydrogen-bond acceptors (Lipinski definition) is 7. The number of benzene rings is 1. The molecule has 0 N–H and O–H groups in total. The molecule has 0 aliphatic carbocycles. The van der Waals surface area contributed by atoms with Gasteiger partial charge in [0.2, 0.25) is 5.16 Å². The third-order valence-electron chi connectivity index (χ3n) is 5.37. The minimum atomic E-state index is -0.460. The molecule has 0 saturated heterocycles. The number of aromatic nitrogens is 4. The maximum absolute atomic E-state index is 12.5. The summed E-state index contributed by atoms with van der Waals surface area (Å²) in [5, 5.41) is 5.01. The van der Waals surface area contributed by atoms with Gasteiger partial charge in [-0.3, -0.25) is 9.59 Å². The Morgan fingerprint density at radius 1 is 1.17 bits per heavy atom. The van der Waals surface area contributed by atoms with Gasteiger partial charge in [0.05, 0.1) is 6.42 Å². The average Bonchev–Trinajstić information content (AvgIpc) is 3.18. The van der Waals surface area contributed by atoms with Crippen LogP contribution in [0.3, 0.4) is 0 Å². The van der Waals surface area contributed by atoms with Crippen LogP contribution in [0, 0.1) is 13.8 Å². The Kier molecular flexibility index (Phi) is 5.72. The first-order chi connectivity index (χ1) is 14.5. The summed E-state index contributed by atoms with van der Waals surface area (Å²) in [5.41, 5.74) is 4.65. The van der Waals surface area contributed by atoms with Crippen LogP contribution in [0.1, 0.15) is 28.1 Å². The maximum Gasteiger partial charge on any atom is 0.310 e. The van der Waals surface area contributed by atoms with E-state index in [-0.39, 0.29) is 18.9 Å². The van der Waals surface area contributed by atoms with E-state index in [1.807, 2.05) is 38.3 Å². The molecule has 8 nitrogen and oxygen atoms in total. The molecule has 0 spiro atoms. The van der Waals surface area contributed by atoms with Gasteiger partial charge in [0.25, 0.3) is 11.7 Å². The van der Waals surface area contributed by atoms with Crippen molar-refractivity contribution >= 4 is 29.4 Å². The molecule has 3 aromatic rings. The number of fused-ring (bicyclic) bond motifs is 2. The van der Waals surface area contributed by atoms with E-state index < -0.39 is 5.97 Å². The first kappa shape index (κ1) is 20.3. The van der Waals surface area contributed by atoms with Gasteiger partial charge in [0.15, 0.2) is 6.61 Å². The molecule has 156 valence electrons. The monoisotopic (exact) mass is 425 g/mol. The molecule has 1 aliphatic heterocycles. The Balaban J connectivity index is 1.39. The molecule has 4 rings (SSSR count). The van der Waals surface area contributed by atoms with Gasteiger partial charge in [0.1, 0.15) is 0 Å². The molecule has 9 heteroatoms. The number of aryl methyl sites for hydroxylation is 2. The second-order valence-corrected chi connectivity index (χ2v) is 8.02. The highest BCUT2D eigenvalue weighted by molar-refractivity contribution is 7.98. The third-order valence-corrected chi connectivity index (χ3v) is 5.91. The van der Waals surface area contributed by atoms with Crippen molar-refractivity contribution in [3.63, 3.8) is 0 Å². The van der Waals surface area contributed by atoms with Crippen LogP contribution < -0.4 is 0 Å². The highest BCUT2D eigenvalue weighted by Crippen LogP contribution is 2.19. The second kappa shape index (κ2) is 8.43. The summed E-state index contributed by atoms with van der Waals surface area (Å²) in [6.45, 7) is 4.64. The van der Waals surface area contributed by atoms with Gasteiger partial charge in [-0.25, -0.2) is 9.50 Å². The molecule has 0 radical (unpaired) electrons. The van der Waals surface area contributed by atoms with Crippen LogP contribution in [-0.2, 0) is 33.7 Å². The minimum Gasteiger partial charge on any atom is -0.455 e. The van der Waals surface area contributed by atoms with Crippen molar-refractivity contribution in [3.8, 4) is 0 Å².